The molecule has 1 aliphatic heterocycles. The van der Waals surface area contributed by atoms with Gasteiger partial charge in [0.25, 0.3) is 0 Å². The molecule has 120 valence electrons. The van der Waals surface area contributed by atoms with Crippen LogP contribution in [0.1, 0.15) is 19.3 Å². The van der Waals surface area contributed by atoms with Crippen LogP contribution in [0.2, 0.25) is 0 Å². The number of rotatable bonds is 6. The second kappa shape index (κ2) is 8.46. The van der Waals surface area contributed by atoms with E-state index in [1.54, 1.807) is 11.9 Å². The Morgan fingerprint density at radius 1 is 1.29 bits per heavy atom. The van der Waals surface area contributed by atoms with Crippen molar-refractivity contribution >= 4 is 18.0 Å². The number of urea groups is 1. The molecular weight excluding hydrogens is 280 g/mol. The Balaban J connectivity index is 2.30. The monoisotopic (exact) mass is 302 g/mol. The number of amides is 2. The van der Waals surface area contributed by atoms with E-state index in [0.29, 0.717) is 25.9 Å². The van der Waals surface area contributed by atoms with Gasteiger partial charge in [-0.3, -0.25) is 9.59 Å². The summed E-state index contributed by atoms with van der Waals surface area (Å²) >= 11 is 0. The van der Waals surface area contributed by atoms with Crippen molar-refractivity contribution in [1.29, 1.82) is 0 Å². The first-order valence-corrected chi connectivity index (χ1v) is 6.84. The zero-order chi connectivity index (χ0) is 15.8. The van der Waals surface area contributed by atoms with Gasteiger partial charge in [-0.2, -0.15) is 0 Å². The molecule has 2 amide bonds. The number of carboxylic acids is 1. The number of piperidine rings is 1. The second-order valence-electron chi connectivity index (χ2n) is 4.92. The Hall–Kier alpha value is -1.83. The third kappa shape index (κ3) is 5.99. The molecule has 1 rings (SSSR count). The lowest BCUT2D eigenvalue weighted by atomic mass is 10.1. The maximum Gasteiger partial charge on any atom is 0.325 e. The van der Waals surface area contributed by atoms with Crippen molar-refractivity contribution in [3.63, 3.8) is 0 Å². The summed E-state index contributed by atoms with van der Waals surface area (Å²) < 4.78 is 9.98. The molecule has 0 atom stereocenters. The topological polar surface area (TPSA) is 96.4 Å². The highest BCUT2D eigenvalue weighted by Crippen LogP contribution is 2.15. The van der Waals surface area contributed by atoms with E-state index in [9.17, 15) is 14.4 Å². The minimum atomic E-state index is -0.882. The number of hydrogen-bond donors (Lipinski definition) is 1. The number of carbonyl (C=O) groups is 3. The van der Waals surface area contributed by atoms with Crippen LogP contribution in [0.25, 0.3) is 0 Å². The predicted octanol–water partition coefficient (Wildman–Crippen LogP) is 0.167. The highest BCUT2D eigenvalue weighted by Gasteiger charge is 2.26. The van der Waals surface area contributed by atoms with Crippen LogP contribution in [0.3, 0.4) is 0 Å². The fourth-order valence-electron chi connectivity index (χ4n) is 2.09. The molecule has 1 saturated heterocycles. The molecule has 0 spiro atoms. The highest BCUT2D eigenvalue weighted by molar-refractivity contribution is 5.80. The maximum atomic E-state index is 12.1. The molecule has 1 aliphatic rings. The molecule has 8 heteroatoms. The third-order valence-electron chi connectivity index (χ3n) is 3.30. The zero-order valence-electron chi connectivity index (χ0n) is 12.4. The average Bonchev–Trinajstić information content (AvgIpc) is 2.46. The molecule has 0 radical (unpaired) electrons. The van der Waals surface area contributed by atoms with Gasteiger partial charge >= 0.3 is 18.0 Å². The predicted molar refractivity (Wildman–Crippen MR) is 72.8 cm³/mol. The SMILES string of the molecule is COC(=O)CN(C)C(=O)N1CCC(OCCC(=O)O)CC1. The van der Waals surface area contributed by atoms with Crippen LogP contribution in [0.15, 0.2) is 0 Å². The van der Waals surface area contributed by atoms with E-state index in [-0.39, 0.29) is 31.7 Å². The van der Waals surface area contributed by atoms with Crippen LogP contribution < -0.4 is 0 Å². The number of aliphatic carboxylic acids is 1. The summed E-state index contributed by atoms with van der Waals surface area (Å²) in [5.74, 6) is -1.34. The van der Waals surface area contributed by atoms with Gasteiger partial charge in [0.05, 0.1) is 26.2 Å². The fourth-order valence-corrected chi connectivity index (χ4v) is 2.09. The molecule has 0 aromatic carbocycles. The number of esters is 1. The second-order valence-corrected chi connectivity index (χ2v) is 4.92. The van der Waals surface area contributed by atoms with Gasteiger partial charge in [-0.05, 0) is 12.8 Å². The van der Waals surface area contributed by atoms with Crippen LogP contribution in [-0.2, 0) is 19.1 Å². The number of ether oxygens (including phenoxy) is 2. The van der Waals surface area contributed by atoms with E-state index in [0.717, 1.165) is 0 Å². The zero-order valence-corrected chi connectivity index (χ0v) is 12.4. The lowest BCUT2D eigenvalue weighted by Gasteiger charge is -2.34. The first kappa shape index (κ1) is 17.2. The van der Waals surface area contributed by atoms with Crippen LogP contribution in [0, 0.1) is 0 Å². The van der Waals surface area contributed by atoms with Crippen LogP contribution >= 0.6 is 0 Å². The fraction of sp³-hybridized carbons (Fsp3) is 0.769. The molecule has 1 fully saturated rings. The number of carbonyl (C=O) groups excluding carboxylic acids is 2. The molecule has 1 N–H and O–H groups in total. The third-order valence-corrected chi connectivity index (χ3v) is 3.30. The summed E-state index contributed by atoms with van der Waals surface area (Å²) in [5, 5.41) is 8.54. The standard InChI is InChI=1S/C13H22N2O6/c1-14(9-12(18)20-2)13(19)15-6-3-10(4-7-15)21-8-5-11(16)17/h10H,3-9H2,1-2H3,(H,16,17). The van der Waals surface area contributed by atoms with Gasteiger partial charge in [0.1, 0.15) is 6.54 Å². The van der Waals surface area contributed by atoms with Crippen molar-refractivity contribution in [3.05, 3.63) is 0 Å². The van der Waals surface area contributed by atoms with E-state index < -0.39 is 11.9 Å². The largest absolute Gasteiger partial charge is 0.481 e. The Morgan fingerprint density at radius 3 is 2.43 bits per heavy atom. The minimum absolute atomic E-state index is 0.0129. The van der Waals surface area contributed by atoms with Crippen molar-refractivity contribution in [2.75, 3.05) is 40.4 Å². The van der Waals surface area contributed by atoms with Gasteiger partial charge in [0.15, 0.2) is 0 Å². The van der Waals surface area contributed by atoms with E-state index in [2.05, 4.69) is 4.74 Å². The molecule has 0 saturated carbocycles. The molecule has 21 heavy (non-hydrogen) atoms. The number of methoxy groups -OCH3 is 1. The summed E-state index contributed by atoms with van der Waals surface area (Å²) in [4.78, 5) is 36.6. The van der Waals surface area contributed by atoms with E-state index >= 15 is 0 Å². The van der Waals surface area contributed by atoms with E-state index in [4.69, 9.17) is 9.84 Å². The molecular formula is C13H22N2O6. The summed E-state index contributed by atoms with van der Waals surface area (Å²) in [6, 6.07) is -0.218. The average molecular weight is 302 g/mol. The van der Waals surface area contributed by atoms with Gasteiger partial charge in [-0.25, -0.2) is 4.79 Å². The summed E-state index contributed by atoms with van der Waals surface area (Å²) in [5.41, 5.74) is 0. The van der Waals surface area contributed by atoms with E-state index in [1.807, 2.05) is 0 Å². The Kier molecular flexibility index (Phi) is 6.93. The van der Waals surface area contributed by atoms with Crippen molar-refractivity contribution < 1.29 is 29.0 Å². The first-order chi connectivity index (χ1) is 9.93. The molecule has 8 nitrogen and oxygen atoms in total. The summed E-state index contributed by atoms with van der Waals surface area (Å²) in [6.07, 6.45) is 1.30. The number of likely N-dealkylation sites (tertiary alicyclic amines) is 1. The van der Waals surface area contributed by atoms with Crippen molar-refractivity contribution in [2.45, 2.75) is 25.4 Å². The van der Waals surface area contributed by atoms with Crippen molar-refractivity contribution in [2.24, 2.45) is 0 Å². The minimum Gasteiger partial charge on any atom is -0.481 e. The molecule has 0 bridgehead atoms. The Morgan fingerprint density at radius 2 is 1.90 bits per heavy atom. The van der Waals surface area contributed by atoms with Gasteiger partial charge < -0.3 is 24.4 Å². The van der Waals surface area contributed by atoms with Crippen molar-refractivity contribution in [3.8, 4) is 0 Å². The number of hydrogen-bond acceptors (Lipinski definition) is 5. The molecule has 0 aliphatic carbocycles. The number of nitrogens with zero attached hydrogens (tertiary/aromatic N) is 2. The number of carboxylic acid groups (broad SMARTS) is 1. The molecule has 0 aromatic heterocycles. The van der Waals surface area contributed by atoms with Crippen LogP contribution in [-0.4, -0.2) is 79.4 Å². The van der Waals surface area contributed by atoms with Crippen LogP contribution in [0.4, 0.5) is 4.79 Å². The van der Waals surface area contributed by atoms with Gasteiger partial charge in [0, 0.05) is 20.1 Å². The van der Waals surface area contributed by atoms with E-state index in [1.165, 1.54) is 12.0 Å². The van der Waals surface area contributed by atoms with Crippen molar-refractivity contribution in [1.82, 2.24) is 9.80 Å². The summed E-state index contributed by atoms with van der Waals surface area (Å²) in [7, 11) is 2.83. The quantitative estimate of drug-likeness (QED) is 0.702. The van der Waals surface area contributed by atoms with Crippen LogP contribution in [0.5, 0.6) is 0 Å². The smallest absolute Gasteiger partial charge is 0.325 e. The number of likely N-dealkylation sites (N-methyl/N-ethyl adjacent to an activating group) is 1. The lowest BCUT2D eigenvalue weighted by Crippen LogP contribution is -2.48. The first-order valence-electron chi connectivity index (χ1n) is 6.84. The Bertz CT molecular complexity index is 379. The normalized spacial score (nSPS) is 15.6. The Labute approximate surface area is 123 Å². The van der Waals surface area contributed by atoms with Gasteiger partial charge in [-0.15, -0.1) is 0 Å². The molecule has 1 heterocycles. The molecule has 0 unspecified atom stereocenters. The lowest BCUT2D eigenvalue weighted by molar-refractivity contribution is -0.141. The van der Waals surface area contributed by atoms with Gasteiger partial charge in [0.2, 0.25) is 0 Å². The highest BCUT2D eigenvalue weighted by atomic mass is 16.5. The molecule has 0 aromatic rings. The summed E-state index contributed by atoms with van der Waals surface area (Å²) in [6.45, 7) is 1.17. The van der Waals surface area contributed by atoms with Gasteiger partial charge in [-0.1, -0.05) is 0 Å². The maximum absolute atomic E-state index is 12.1.